The van der Waals surface area contributed by atoms with Crippen LogP contribution in [-0.2, 0) is 14.3 Å². The molecule has 9 heteroatoms. The molecule has 1 amide bonds. The van der Waals surface area contributed by atoms with Crippen molar-refractivity contribution < 1.29 is 28.5 Å². The zero-order valence-electron chi connectivity index (χ0n) is 17.4. The fourth-order valence-electron chi connectivity index (χ4n) is 3.20. The molecule has 8 nitrogen and oxygen atoms in total. The second-order valence-corrected chi connectivity index (χ2v) is 7.46. The molecule has 1 N–H and O–H groups in total. The molecular formula is C21H26N2O6S. The summed E-state index contributed by atoms with van der Waals surface area (Å²) < 4.78 is 21.2. The summed E-state index contributed by atoms with van der Waals surface area (Å²) in [7, 11) is 3.12. The number of nitrogens with zero attached hydrogens (tertiary/aromatic N) is 1. The van der Waals surface area contributed by atoms with E-state index in [1.807, 2.05) is 16.3 Å². The van der Waals surface area contributed by atoms with Crippen LogP contribution in [0.4, 0.5) is 5.00 Å². The van der Waals surface area contributed by atoms with Gasteiger partial charge in [0.2, 0.25) is 5.91 Å². The van der Waals surface area contributed by atoms with Gasteiger partial charge < -0.3 is 24.3 Å². The van der Waals surface area contributed by atoms with Gasteiger partial charge in [-0.25, -0.2) is 4.79 Å². The minimum absolute atomic E-state index is 0.178. The van der Waals surface area contributed by atoms with Crippen molar-refractivity contribution in [3.63, 3.8) is 0 Å². The van der Waals surface area contributed by atoms with Gasteiger partial charge >= 0.3 is 5.97 Å². The number of methoxy groups -OCH3 is 2. The molecule has 0 radical (unpaired) electrons. The highest BCUT2D eigenvalue weighted by Gasteiger charge is 2.24. The lowest BCUT2D eigenvalue weighted by Gasteiger charge is -2.25. The maximum atomic E-state index is 12.7. The van der Waals surface area contributed by atoms with Crippen molar-refractivity contribution in [1.82, 2.24) is 4.90 Å². The van der Waals surface area contributed by atoms with Crippen LogP contribution in [0, 0.1) is 0 Å². The Bertz CT molecular complexity index is 892. The third-order valence-electron chi connectivity index (χ3n) is 4.69. The van der Waals surface area contributed by atoms with E-state index in [1.54, 1.807) is 33.3 Å². The van der Waals surface area contributed by atoms with Crippen LogP contribution >= 0.6 is 11.3 Å². The average molecular weight is 435 g/mol. The van der Waals surface area contributed by atoms with Crippen LogP contribution in [0.3, 0.4) is 0 Å². The molecule has 1 aromatic carbocycles. The number of ether oxygens (including phenoxy) is 4. The molecule has 1 aromatic heterocycles. The Morgan fingerprint density at radius 2 is 1.90 bits per heavy atom. The second kappa shape index (κ2) is 10.4. The Morgan fingerprint density at radius 3 is 2.57 bits per heavy atom. The first-order chi connectivity index (χ1) is 14.6. The number of thiophene rings is 1. The molecule has 162 valence electrons. The summed E-state index contributed by atoms with van der Waals surface area (Å²) in [5.74, 6) is 0.482. The summed E-state index contributed by atoms with van der Waals surface area (Å²) in [6.07, 6.45) is 0. The Labute approximate surface area is 179 Å². The van der Waals surface area contributed by atoms with E-state index in [0.29, 0.717) is 53.9 Å². The minimum Gasteiger partial charge on any atom is -0.493 e. The molecule has 0 saturated carbocycles. The normalized spacial score (nSPS) is 14.2. The number of hydrogen-bond donors (Lipinski definition) is 1. The van der Waals surface area contributed by atoms with E-state index >= 15 is 0 Å². The molecule has 0 bridgehead atoms. The molecule has 2 aromatic rings. The lowest BCUT2D eigenvalue weighted by molar-refractivity contribution is -0.118. The highest BCUT2D eigenvalue weighted by molar-refractivity contribution is 7.15. The van der Waals surface area contributed by atoms with Crippen LogP contribution in [0.25, 0.3) is 11.1 Å². The molecular weight excluding hydrogens is 408 g/mol. The molecule has 0 atom stereocenters. The SMILES string of the molecule is CCOC(=O)c1c(-c2ccc(OC)c(OC)c2)csc1NC(=O)CN1CCOCC1. The van der Waals surface area contributed by atoms with E-state index in [2.05, 4.69) is 5.32 Å². The van der Waals surface area contributed by atoms with Crippen molar-refractivity contribution in [2.45, 2.75) is 6.92 Å². The molecule has 0 unspecified atom stereocenters. The summed E-state index contributed by atoms with van der Waals surface area (Å²) >= 11 is 1.29. The number of hydrogen-bond acceptors (Lipinski definition) is 8. The van der Waals surface area contributed by atoms with Crippen molar-refractivity contribution in [2.75, 3.05) is 59.0 Å². The molecule has 1 aliphatic rings. The molecule has 1 aliphatic heterocycles. The molecule has 1 saturated heterocycles. The predicted molar refractivity (Wildman–Crippen MR) is 115 cm³/mol. The maximum absolute atomic E-state index is 12.7. The molecule has 0 spiro atoms. The Balaban J connectivity index is 1.88. The first-order valence-corrected chi connectivity index (χ1v) is 10.6. The van der Waals surface area contributed by atoms with Gasteiger partial charge in [0.25, 0.3) is 0 Å². The van der Waals surface area contributed by atoms with Gasteiger partial charge in [0.05, 0.1) is 40.6 Å². The Hall–Kier alpha value is -2.62. The lowest BCUT2D eigenvalue weighted by Crippen LogP contribution is -2.41. The summed E-state index contributed by atoms with van der Waals surface area (Å²) in [6, 6.07) is 5.41. The van der Waals surface area contributed by atoms with Crippen molar-refractivity contribution in [2.24, 2.45) is 0 Å². The van der Waals surface area contributed by atoms with Gasteiger partial charge in [0.1, 0.15) is 10.6 Å². The number of amides is 1. The fourth-order valence-corrected chi connectivity index (χ4v) is 4.17. The van der Waals surface area contributed by atoms with Gasteiger partial charge in [-0.15, -0.1) is 11.3 Å². The summed E-state index contributed by atoms with van der Waals surface area (Å²) in [5, 5.41) is 5.18. The largest absolute Gasteiger partial charge is 0.493 e. The number of benzene rings is 1. The second-order valence-electron chi connectivity index (χ2n) is 6.58. The number of carbonyl (C=O) groups is 2. The monoisotopic (exact) mass is 434 g/mol. The first kappa shape index (κ1) is 22.1. The van der Waals surface area contributed by atoms with Crippen molar-refractivity contribution in [1.29, 1.82) is 0 Å². The first-order valence-electron chi connectivity index (χ1n) is 9.68. The molecule has 3 rings (SSSR count). The third kappa shape index (κ3) is 5.10. The van der Waals surface area contributed by atoms with Gasteiger partial charge in [-0.3, -0.25) is 9.69 Å². The quantitative estimate of drug-likeness (QED) is 0.640. The topological polar surface area (TPSA) is 86.3 Å². The van der Waals surface area contributed by atoms with Crippen LogP contribution in [0.2, 0.25) is 0 Å². The number of esters is 1. The van der Waals surface area contributed by atoms with Gasteiger partial charge in [-0.1, -0.05) is 6.07 Å². The van der Waals surface area contributed by atoms with Crippen LogP contribution in [0.5, 0.6) is 11.5 Å². The Morgan fingerprint density at radius 1 is 1.17 bits per heavy atom. The lowest BCUT2D eigenvalue weighted by atomic mass is 10.0. The maximum Gasteiger partial charge on any atom is 0.341 e. The smallest absolute Gasteiger partial charge is 0.341 e. The van der Waals surface area contributed by atoms with E-state index in [0.717, 1.165) is 5.56 Å². The van der Waals surface area contributed by atoms with Gasteiger partial charge in [-0.05, 0) is 24.6 Å². The molecule has 2 heterocycles. The minimum atomic E-state index is -0.481. The van der Waals surface area contributed by atoms with Gasteiger partial charge in [0, 0.05) is 24.0 Å². The van der Waals surface area contributed by atoms with E-state index in [-0.39, 0.29) is 19.1 Å². The Kier molecular flexibility index (Phi) is 7.67. The zero-order valence-corrected chi connectivity index (χ0v) is 18.2. The zero-order chi connectivity index (χ0) is 21.5. The summed E-state index contributed by atoms with van der Waals surface area (Å²) in [6.45, 7) is 4.88. The predicted octanol–water partition coefficient (Wildman–Crippen LogP) is 2.88. The molecule has 0 aliphatic carbocycles. The van der Waals surface area contributed by atoms with E-state index in [1.165, 1.54) is 11.3 Å². The summed E-state index contributed by atoms with van der Waals surface area (Å²) in [4.78, 5) is 27.3. The van der Waals surface area contributed by atoms with Crippen molar-refractivity contribution in [3.8, 4) is 22.6 Å². The van der Waals surface area contributed by atoms with Gasteiger partial charge in [0.15, 0.2) is 11.5 Å². The van der Waals surface area contributed by atoms with Gasteiger partial charge in [-0.2, -0.15) is 0 Å². The third-order valence-corrected chi connectivity index (χ3v) is 5.58. The number of anilines is 1. The average Bonchev–Trinajstić information content (AvgIpc) is 3.17. The van der Waals surface area contributed by atoms with Crippen LogP contribution in [-0.4, -0.2) is 70.5 Å². The number of nitrogens with one attached hydrogen (secondary N) is 1. The fraction of sp³-hybridized carbons (Fsp3) is 0.429. The van der Waals surface area contributed by atoms with Crippen LogP contribution in [0.15, 0.2) is 23.6 Å². The number of carbonyl (C=O) groups excluding carboxylic acids is 2. The van der Waals surface area contributed by atoms with Crippen molar-refractivity contribution >= 4 is 28.2 Å². The molecule has 30 heavy (non-hydrogen) atoms. The van der Waals surface area contributed by atoms with E-state index < -0.39 is 5.97 Å². The van der Waals surface area contributed by atoms with Crippen LogP contribution < -0.4 is 14.8 Å². The molecule has 1 fully saturated rings. The van der Waals surface area contributed by atoms with Crippen molar-refractivity contribution in [3.05, 3.63) is 29.1 Å². The van der Waals surface area contributed by atoms with E-state index in [4.69, 9.17) is 18.9 Å². The van der Waals surface area contributed by atoms with E-state index in [9.17, 15) is 9.59 Å². The highest BCUT2D eigenvalue weighted by atomic mass is 32.1. The number of morpholine rings is 1. The standard InChI is InChI=1S/C21H26N2O6S/c1-4-29-21(25)19-15(14-5-6-16(26-2)17(11-14)27-3)13-30-20(19)22-18(24)12-23-7-9-28-10-8-23/h5-6,11,13H,4,7-10,12H2,1-3H3,(H,22,24). The van der Waals surface area contributed by atoms with Crippen LogP contribution in [0.1, 0.15) is 17.3 Å². The summed E-state index contributed by atoms with van der Waals surface area (Å²) in [5.41, 5.74) is 1.77. The number of rotatable bonds is 8. The highest BCUT2D eigenvalue weighted by Crippen LogP contribution is 2.39.